The van der Waals surface area contributed by atoms with E-state index in [0.717, 1.165) is 6.07 Å². The number of nitrogens with zero attached hydrogens (tertiary/aromatic N) is 1. The number of alkyl halides is 3. The molecule has 0 aliphatic rings. The lowest BCUT2D eigenvalue weighted by Crippen LogP contribution is -2.19. The molecule has 19 heavy (non-hydrogen) atoms. The number of methoxy groups -OCH3 is 1. The SMILES string of the molecule is COC(=O)Cc1c(CN)cc(OC(F)(F)F)nc1I. The van der Waals surface area contributed by atoms with E-state index in [2.05, 4.69) is 14.5 Å². The third-order valence-electron chi connectivity index (χ3n) is 2.13. The third kappa shape index (κ3) is 4.82. The van der Waals surface area contributed by atoms with Crippen LogP contribution in [0.5, 0.6) is 5.88 Å². The van der Waals surface area contributed by atoms with Crippen molar-refractivity contribution in [2.75, 3.05) is 7.11 Å². The number of ether oxygens (including phenoxy) is 2. The van der Waals surface area contributed by atoms with Crippen molar-refractivity contribution in [1.82, 2.24) is 4.98 Å². The Kier molecular flexibility index (Phi) is 5.35. The third-order valence-corrected chi connectivity index (χ3v) is 3.02. The number of aromatic nitrogens is 1. The normalized spacial score (nSPS) is 11.3. The minimum absolute atomic E-state index is 0.0426. The van der Waals surface area contributed by atoms with E-state index in [0.29, 0.717) is 11.1 Å². The van der Waals surface area contributed by atoms with Gasteiger partial charge in [-0.3, -0.25) is 4.79 Å². The van der Waals surface area contributed by atoms with Crippen molar-refractivity contribution in [3.8, 4) is 5.88 Å². The van der Waals surface area contributed by atoms with Crippen molar-refractivity contribution in [2.45, 2.75) is 19.3 Å². The first kappa shape index (κ1) is 16.0. The van der Waals surface area contributed by atoms with Gasteiger partial charge in [-0.2, -0.15) is 0 Å². The van der Waals surface area contributed by atoms with Gasteiger partial charge in [-0.15, -0.1) is 13.2 Å². The van der Waals surface area contributed by atoms with E-state index >= 15 is 0 Å². The standard InChI is InChI=1S/C10H10F3IN2O3/c1-18-8(17)3-6-5(4-15)2-7(16-9(6)14)19-10(11,12)13/h2H,3-4,15H2,1H3. The second kappa shape index (κ2) is 6.37. The van der Waals surface area contributed by atoms with Gasteiger partial charge >= 0.3 is 12.3 Å². The minimum Gasteiger partial charge on any atom is -0.469 e. The van der Waals surface area contributed by atoms with Gasteiger partial charge in [0.25, 0.3) is 0 Å². The van der Waals surface area contributed by atoms with Gasteiger partial charge in [-0.1, -0.05) is 0 Å². The first-order valence-electron chi connectivity index (χ1n) is 4.97. The second-order valence-electron chi connectivity index (χ2n) is 3.39. The van der Waals surface area contributed by atoms with Crippen molar-refractivity contribution < 1.29 is 27.4 Å². The fourth-order valence-electron chi connectivity index (χ4n) is 1.32. The Bertz CT molecular complexity index is 480. The van der Waals surface area contributed by atoms with Crippen molar-refractivity contribution in [2.24, 2.45) is 5.73 Å². The molecule has 0 saturated carbocycles. The van der Waals surface area contributed by atoms with Crippen molar-refractivity contribution in [3.63, 3.8) is 0 Å². The van der Waals surface area contributed by atoms with Crippen molar-refractivity contribution in [3.05, 3.63) is 20.9 Å². The van der Waals surface area contributed by atoms with Crippen LogP contribution < -0.4 is 10.5 Å². The molecule has 0 bridgehead atoms. The van der Waals surface area contributed by atoms with Gasteiger partial charge in [0.1, 0.15) is 3.70 Å². The van der Waals surface area contributed by atoms with Crippen LogP contribution in [-0.4, -0.2) is 24.4 Å². The molecule has 9 heteroatoms. The van der Waals surface area contributed by atoms with E-state index in [1.54, 1.807) is 22.6 Å². The van der Waals surface area contributed by atoms with Gasteiger partial charge in [0, 0.05) is 12.6 Å². The summed E-state index contributed by atoms with van der Waals surface area (Å²) in [6.07, 6.45) is -4.94. The maximum atomic E-state index is 12.1. The number of esters is 1. The molecule has 106 valence electrons. The summed E-state index contributed by atoms with van der Waals surface area (Å²) in [5, 5.41) is 0. The van der Waals surface area contributed by atoms with Gasteiger partial charge in [0.15, 0.2) is 0 Å². The van der Waals surface area contributed by atoms with Gasteiger partial charge in [0.05, 0.1) is 13.5 Å². The smallest absolute Gasteiger partial charge is 0.469 e. The molecule has 0 spiro atoms. The average Bonchev–Trinajstić information content (AvgIpc) is 2.29. The molecule has 0 fully saturated rings. The highest BCUT2D eigenvalue weighted by Gasteiger charge is 2.32. The van der Waals surface area contributed by atoms with Crippen LogP contribution in [0.25, 0.3) is 0 Å². The van der Waals surface area contributed by atoms with Crippen LogP contribution in [0.2, 0.25) is 0 Å². The topological polar surface area (TPSA) is 74.4 Å². The molecule has 0 aliphatic heterocycles. The molecule has 1 aromatic heterocycles. The molecule has 0 aliphatic carbocycles. The quantitative estimate of drug-likeness (QED) is 0.482. The Balaban J connectivity index is 3.11. The number of hydrogen-bond donors (Lipinski definition) is 1. The summed E-state index contributed by atoms with van der Waals surface area (Å²) < 4.78 is 44.7. The maximum Gasteiger partial charge on any atom is 0.574 e. The summed E-state index contributed by atoms with van der Waals surface area (Å²) in [5.41, 5.74) is 6.23. The van der Waals surface area contributed by atoms with Crippen molar-refractivity contribution in [1.29, 1.82) is 0 Å². The predicted octanol–water partition coefficient (Wildman–Crippen LogP) is 1.76. The van der Waals surface area contributed by atoms with E-state index in [4.69, 9.17) is 5.73 Å². The Morgan fingerprint density at radius 1 is 1.53 bits per heavy atom. The van der Waals surface area contributed by atoms with Crippen LogP contribution in [0.15, 0.2) is 6.07 Å². The number of halogens is 4. The predicted molar refractivity (Wildman–Crippen MR) is 67.2 cm³/mol. The molecule has 1 heterocycles. The summed E-state index contributed by atoms with van der Waals surface area (Å²) >= 11 is 1.71. The number of rotatable bonds is 4. The monoisotopic (exact) mass is 390 g/mol. The first-order chi connectivity index (χ1) is 8.76. The van der Waals surface area contributed by atoms with Crippen LogP contribution in [0, 0.1) is 3.70 Å². The van der Waals surface area contributed by atoms with E-state index < -0.39 is 18.2 Å². The van der Waals surface area contributed by atoms with Crippen LogP contribution in [0.3, 0.4) is 0 Å². The summed E-state index contributed by atoms with van der Waals surface area (Å²) in [6, 6.07) is 1.06. The maximum absolute atomic E-state index is 12.1. The minimum atomic E-state index is -4.83. The Labute approximate surface area is 120 Å². The lowest BCUT2D eigenvalue weighted by molar-refractivity contribution is -0.276. The molecule has 0 saturated heterocycles. The second-order valence-corrected chi connectivity index (χ2v) is 4.42. The van der Waals surface area contributed by atoms with Gasteiger partial charge in [-0.05, 0) is 33.7 Å². The molecule has 0 atom stereocenters. The molecule has 1 rings (SSSR count). The number of hydrogen-bond acceptors (Lipinski definition) is 5. The zero-order valence-corrected chi connectivity index (χ0v) is 11.9. The fourth-order valence-corrected chi connectivity index (χ4v) is 2.10. The Morgan fingerprint density at radius 2 is 2.16 bits per heavy atom. The zero-order chi connectivity index (χ0) is 14.6. The summed E-state index contributed by atoms with van der Waals surface area (Å²) in [6.45, 7) is -0.0426. The molecule has 5 nitrogen and oxygen atoms in total. The van der Waals surface area contributed by atoms with E-state index in [9.17, 15) is 18.0 Å². The molecule has 0 aromatic carbocycles. The summed E-state index contributed by atoms with van der Waals surface area (Å²) in [4.78, 5) is 14.8. The lowest BCUT2D eigenvalue weighted by atomic mass is 10.1. The van der Waals surface area contributed by atoms with Gasteiger partial charge < -0.3 is 15.2 Å². The van der Waals surface area contributed by atoms with E-state index in [1.807, 2.05) is 0 Å². The van der Waals surface area contributed by atoms with Gasteiger partial charge in [-0.25, -0.2) is 4.98 Å². The molecule has 1 aromatic rings. The highest BCUT2D eigenvalue weighted by Crippen LogP contribution is 2.26. The van der Waals surface area contributed by atoms with Crippen LogP contribution in [0.1, 0.15) is 11.1 Å². The Morgan fingerprint density at radius 3 is 2.63 bits per heavy atom. The summed E-state index contributed by atoms with van der Waals surface area (Å²) in [7, 11) is 1.21. The van der Waals surface area contributed by atoms with Gasteiger partial charge in [0.2, 0.25) is 5.88 Å². The number of pyridine rings is 1. The molecular weight excluding hydrogens is 380 g/mol. The lowest BCUT2D eigenvalue weighted by Gasteiger charge is -2.13. The van der Waals surface area contributed by atoms with Crippen molar-refractivity contribution >= 4 is 28.6 Å². The highest BCUT2D eigenvalue weighted by molar-refractivity contribution is 14.1. The molecule has 0 radical (unpaired) electrons. The zero-order valence-electron chi connectivity index (χ0n) is 9.75. The van der Waals surface area contributed by atoms with Crippen LogP contribution in [-0.2, 0) is 22.5 Å². The average molecular weight is 390 g/mol. The molecule has 2 N–H and O–H groups in total. The van der Waals surface area contributed by atoms with E-state index in [-0.39, 0.29) is 16.7 Å². The first-order valence-corrected chi connectivity index (χ1v) is 6.05. The number of nitrogens with two attached hydrogens (primary N) is 1. The van der Waals surface area contributed by atoms with Crippen LogP contribution >= 0.6 is 22.6 Å². The molecular formula is C10H10F3IN2O3. The molecule has 0 unspecified atom stereocenters. The van der Waals surface area contributed by atoms with E-state index in [1.165, 1.54) is 7.11 Å². The molecule has 0 amide bonds. The highest BCUT2D eigenvalue weighted by atomic mass is 127. The largest absolute Gasteiger partial charge is 0.574 e. The van der Waals surface area contributed by atoms with Crippen LogP contribution in [0.4, 0.5) is 13.2 Å². The Hall–Kier alpha value is -1.10. The fraction of sp³-hybridized carbons (Fsp3) is 0.400. The summed E-state index contributed by atoms with van der Waals surface area (Å²) in [5.74, 6) is -1.13. The number of carbonyl (C=O) groups is 1. The number of carbonyl (C=O) groups excluding carboxylic acids is 1.